The van der Waals surface area contributed by atoms with Crippen LogP contribution in [0.1, 0.15) is 60.8 Å². The Morgan fingerprint density at radius 3 is 2.38 bits per heavy atom. The Morgan fingerprint density at radius 2 is 1.81 bits per heavy atom. The van der Waals surface area contributed by atoms with Crippen molar-refractivity contribution in [1.29, 1.82) is 0 Å². The molecule has 1 heterocycles. The fraction of sp³-hybridized carbons (Fsp3) is 0.444. The van der Waals surface area contributed by atoms with Gasteiger partial charge in [-0.25, -0.2) is 0 Å². The predicted molar refractivity (Wildman–Crippen MR) is 89.6 cm³/mol. The molecular formula is C18H22BrNO. The maximum atomic E-state index is 5.36. The van der Waals surface area contributed by atoms with Gasteiger partial charge >= 0.3 is 0 Å². The van der Waals surface area contributed by atoms with Crippen molar-refractivity contribution in [2.45, 2.75) is 44.1 Å². The molecular weight excluding hydrogens is 326 g/mol. The third-order valence-electron chi connectivity index (χ3n) is 4.59. The summed E-state index contributed by atoms with van der Waals surface area (Å²) in [5.41, 5.74) is 3.92. The minimum atomic E-state index is 0.165. The molecule has 1 fully saturated rings. The van der Waals surface area contributed by atoms with Gasteiger partial charge in [-0.3, -0.25) is 0 Å². The summed E-state index contributed by atoms with van der Waals surface area (Å²) in [6.07, 6.45) is 8.59. The molecule has 21 heavy (non-hydrogen) atoms. The molecule has 1 aliphatic rings. The van der Waals surface area contributed by atoms with Crippen LogP contribution < -0.4 is 5.32 Å². The zero-order chi connectivity index (χ0) is 14.7. The predicted octanol–water partition coefficient (Wildman–Crippen LogP) is 5.40. The first kappa shape index (κ1) is 14.9. The summed E-state index contributed by atoms with van der Waals surface area (Å²) in [6.45, 7) is 0. The second-order valence-corrected chi connectivity index (χ2v) is 6.59. The lowest BCUT2D eigenvalue weighted by Crippen LogP contribution is -2.17. The van der Waals surface area contributed by atoms with Gasteiger partial charge in [0.05, 0.1) is 12.3 Å². The third kappa shape index (κ3) is 3.24. The molecule has 0 amide bonds. The lowest BCUT2D eigenvalue weighted by atomic mass is 9.83. The molecule has 2 aromatic rings. The fourth-order valence-electron chi connectivity index (χ4n) is 3.41. The summed E-state index contributed by atoms with van der Waals surface area (Å²) < 4.78 is 6.17. The minimum Gasteiger partial charge on any atom is -0.457 e. The quantitative estimate of drug-likeness (QED) is 0.800. The van der Waals surface area contributed by atoms with E-state index in [-0.39, 0.29) is 6.04 Å². The van der Waals surface area contributed by atoms with Gasteiger partial charge in [0.1, 0.15) is 0 Å². The first-order chi connectivity index (χ1) is 10.3. The molecule has 2 nitrogen and oxygen atoms in total. The van der Waals surface area contributed by atoms with Crippen LogP contribution >= 0.6 is 15.9 Å². The fourth-order valence-corrected chi connectivity index (χ4v) is 3.88. The first-order valence-corrected chi connectivity index (χ1v) is 8.59. The van der Waals surface area contributed by atoms with E-state index in [9.17, 15) is 0 Å². The van der Waals surface area contributed by atoms with Crippen molar-refractivity contribution >= 4 is 15.9 Å². The van der Waals surface area contributed by atoms with Gasteiger partial charge in [0.15, 0.2) is 4.67 Å². The second-order valence-electron chi connectivity index (χ2n) is 5.87. The Balaban J connectivity index is 1.80. The van der Waals surface area contributed by atoms with Crippen molar-refractivity contribution in [1.82, 2.24) is 5.32 Å². The van der Waals surface area contributed by atoms with E-state index in [1.54, 1.807) is 6.26 Å². The molecule has 1 unspecified atom stereocenters. The molecule has 0 aliphatic heterocycles. The maximum absolute atomic E-state index is 5.36. The van der Waals surface area contributed by atoms with E-state index in [1.807, 2.05) is 13.1 Å². The van der Waals surface area contributed by atoms with Gasteiger partial charge in [0.25, 0.3) is 0 Å². The van der Waals surface area contributed by atoms with Crippen LogP contribution in [0.3, 0.4) is 0 Å². The van der Waals surface area contributed by atoms with Gasteiger partial charge in [-0.05, 0) is 58.9 Å². The highest BCUT2D eigenvalue weighted by molar-refractivity contribution is 9.10. The molecule has 3 heteroatoms. The largest absolute Gasteiger partial charge is 0.457 e. The lowest BCUT2D eigenvalue weighted by molar-refractivity contribution is 0.443. The molecule has 1 aromatic carbocycles. The highest BCUT2D eigenvalue weighted by Crippen LogP contribution is 2.34. The number of halogens is 1. The van der Waals surface area contributed by atoms with E-state index >= 15 is 0 Å². The summed E-state index contributed by atoms with van der Waals surface area (Å²) in [5, 5.41) is 3.37. The van der Waals surface area contributed by atoms with Crippen LogP contribution in [0.5, 0.6) is 0 Å². The molecule has 0 radical (unpaired) electrons. The van der Waals surface area contributed by atoms with E-state index in [1.165, 1.54) is 43.2 Å². The molecule has 1 aromatic heterocycles. The van der Waals surface area contributed by atoms with Crippen LogP contribution in [0.2, 0.25) is 0 Å². The number of hydrogen-bond donors (Lipinski definition) is 1. The first-order valence-electron chi connectivity index (χ1n) is 7.79. The molecule has 0 bridgehead atoms. The molecule has 1 atom stereocenters. The number of nitrogens with one attached hydrogen (secondary N) is 1. The van der Waals surface area contributed by atoms with Crippen molar-refractivity contribution < 1.29 is 4.42 Å². The highest BCUT2D eigenvalue weighted by Gasteiger charge is 2.19. The van der Waals surface area contributed by atoms with Crippen molar-refractivity contribution in [3.8, 4) is 0 Å². The standard InChI is InChI=1S/C18H22BrNO/c1-20-17(16-11-12-21-18(16)19)15-9-7-14(8-10-15)13-5-3-2-4-6-13/h7-13,17,20H,2-6H2,1H3. The van der Waals surface area contributed by atoms with E-state index in [4.69, 9.17) is 4.42 Å². The average Bonchev–Trinajstić information content (AvgIpc) is 2.96. The van der Waals surface area contributed by atoms with Crippen LogP contribution in [0, 0.1) is 0 Å². The molecule has 1 aliphatic carbocycles. The van der Waals surface area contributed by atoms with Crippen molar-refractivity contribution in [3.05, 3.63) is 58.0 Å². The van der Waals surface area contributed by atoms with E-state index in [0.29, 0.717) is 0 Å². The second kappa shape index (κ2) is 6.80. The Morgan fingerprint density at radius 1 is 1.10 bits per heavy atom. The number of benzene rings is 1. The molecule has 0 spiro atoms. The Bertz CT molecular complexity index is 569. The van der Waals surface area contributed by atoms with Crippen LogP contribution in [0.25, 0.3) is 0 Å². The molecule has 1 N–H and O–H groups in total. The van der Waals surface area contributed by atoms with Gasteiger partial charge in [-0.1, -0.05) is 43.5 Å². The highest BCUT2D eigenvalue weighted by atomic mass is 79.9. The summed E-state index contributed by atoms with van der Waals surface area (Å²) in [6, 6.07) is 11.3. The van der Waals surface area contributed by atoms with E-state index < -0.39 is 0 Å². The average molecular weight is 348 g/mol. The molecule has 0 saturated heterocycles. The van der Waals surface area contributed by atoms with Gasteiger partial charge in [-0.2, -0.15) is 0 Å². The number of furan rings is 1. The topological polar surface area (TPSA) is 25.2 Å². The van der Waals surface area contributed by atoms with Gasteiger partial charge in [0.2, 0.25) is 0 Å². The van der Waals surface area contributed by atoms with E-state index in [0.717, 1.165) is 16.2 Å². The SMILES string of the molecule is CNC(c1ccc(C2CCCCC2)cc1)c1ccoc1Br. The third-order valence-corrected chi connectivity index (χ3v) is 5.24. The summed E-state index contributed by atoms with van der Waals surface area (Å²) in [4.78, 5) is 0. The van der Waals surface area contributed by atoms with Gasteiger partial charge in [0, 0.05) is 5.56 Å². The molecule has 112 valence electrons. The Labute approximate surface area is 135 Å². The number of hydrogen-bond acceptors (Lipinski definition) is 2. The zero-order valence-corrected chi connectivity index (χ0v) is 14.0. The van der Waals surface area contributed by atoms with Crippen molar-refractivity contribution in [3.63, 3.8) is 0 Å². The van der Waals surface area contributed by atoms with E-state index in [2.05, 4.69) is 45.5 Å². The van der Waals surface area contributed by atoms with Crippen LogP contribution in [0.15, 0.2) is 45.7 Å². The normalized spacial score (nSPS) is 17.8. The Kier molecular flexibility index (Phi) is 4.81. The van der Waals surface area contributed by atoms with Crippen molar-refractivity contribution in [2.75, 3.05) is 7.05 Å². The van der Waals surface area contributed by atoms with Crippen molar-refractivity contribution in [2.24, 2.45) is 0 Å². The molecule has 1 saturated carbocycles. The van der Waals surface area contributed by atoms with Crippen LogP contribution in [-0.2, 0) is 0 Å². The minimum absolute atomic E-state index is 0.165. The smallest absolute Gasteiger partial charge is 0.174 e. The summed E-state index contributed by atoms with van der Waals surface area (Å²) in [7, 11) is 1.99. The summed E-state index contributed by atoms with van der Waals surface area (Å²) >= 11 is 3.48. The lowest BCUT2D eigenvalue weighted by Gasteiger charge is -2.23. The number of rotatable bonds is 4. The zero-order valence-electron chi connectivity index (χ0n) is 12.4. The van der Waals surface area contributed by atoms with Gasteiger partial charge in [-0.15, -0.1) is 0 Å². The van der Waals surface area contributed by atoms with Crippen LogP contribution in [-0.4, -0.2) is 7.05 Å². The monoisotopic (exact) mass is 347 g/mol. The van der Waals surface area contributed by atoms with Gasteiger partial charge < -0.3 is 9.73 Å². The summed E-state index contributed by atoms with van der Waals surface area (Å²) in [5.74, 6) is 0.765. The molecule has 3 rings (SSSR count). The Hall–Kier alpha value is -1.06. The van der Waals surface area contributed by atoms with Crippen LogP contribution in [0.4, 0.5) is 0 Å². The maximum Gasteiger partial charge on any atom is 0.174 e.